The highest BCUT2D eigenvalue weighted by atomic mass is 16.6. The molecule has 2 bridgehead atoms. The number of Topliss-reactive ketones (excluding diaryl/α,β-unsaturated/α-hetero) is 3. The number of rotatable bonds is 9. The summed E-state index contributed by atoms with van der Waals surface area (Å²) in [6.45, 7) is 15.1. The summed E-state index contributed by atoms with van der Waals surface area (Å²) < 4.78 is 36.2. The lowest BCUT2D eigenvalue weighted by molar-refractivity contribution is -0.184. The first kappa shape index (κ1) is 57.2. The minimum absolute atomic E-state index is 0.0395. The summed E-state index contributed by atoms with van der Waals surface area (Å²) in [6, 6.07) is -1.03. The molecule has 0 spiro atoms. The maximum absolute atomic E-state index is 14.5. The van der Waals surface area contributed by atoms with Crippen molar-refractivity contribution in [1.29, 1.82) is 0 Å². The number of ketones is 3. The van der Waals surface area contributed by atoms with Crippen LogP contribution in [0.25, 0.3) is 0 Å². The van der Waals surface area contributed by atoms with Crippen LogP contribution in [0.5, 0.6) is 0 Å². The number of carbonyl (C=O) groups excluding carboxylic acids is 5. The van der Waals surface area contributed by atoms with E-state index in [0.29, 0.717) is 63.4 Å². The number of cyclic esters (lactones) is 1. The van der Waals surface area contributed by atoms with Gasteiger partial charge in [-0.3, -0.25) is 19.2 Å². The minimum atomic E-state index is -1.43. The zero-order valence-corrected chi connectivity index (χ0v) is 43.0. The van der Waals surface area contributed by atoms with Gasteiger partial charge in [-0.2, -0.15) is 0 Å². The van der Waals surface area contributed by atoms with Gasteiger partial charge in [0.2, 0.25) is 0 Å². The third-order valence-electron chi connectivity index (χ3n) is 15.3. The van der Waals surface area contributed by atoms with Gasteiger partial charge in [0, 0.05) is 52.6 Å². The van der Waals surface area contributed by atoms with Crippen molar-refractivity contribution >= 4 is 29.2 Å². The second-order valence-electron chi connectivity index (χ2n) is 20.6. The van der Waals surface area contributed by atoms with E-state index < -0.39 is 59.5 Å². The highest BCUT2D eigenvalue weighted by molar-refractivity contribution is 6.39. The van der Waals surface area contributed by atoms with E-state index in [0.717, 1.165) is 18.4 Å². The molecule has 0 unspecified atom stereocenters. The summed E-state index contributed by atoms with van der Waals surface area (Å²) in [5.74, 6) is -4.12. The van der Waals surface area contributed by atoms with E-state index in [9.17, 15) is 34.2 Å². The smallest absolute Gasteiger partial charge is 0.329 e. The average Bonchev–Trinajstić information content (AvgIpc) is 3.32. The SMILES string of the molecule is CO[C@H]1C[C@@H]2CC[C@@H](C)[C@@](C)(O2)C(=O)C(=O)N2CCCC[C@H]2C(=O)O[C@H]([C@H](C)C[C@@H]2CC[C@@H](OCCO)[C@H](OC)C2)CC(=O)[C@H](C)/C=C(\C)[C@@H](O)[C@@H](OC)C(=O)[C@H](C)C[C@H](C)/C=C/C=C/C=C/1C. The molecule has 15 atom stereocenters. The molecule has 4 aliphatic rings. The number of methoxy groups -OCH3 is 3. The van der Waals surface area contributed by atoms with Crippen LogP contribution < -0.4 is 0 Å². The summed E-state index contributed by atoms with van der Waals surface area (Å²) in [5, 5.41) is 20.8. The Morgan fingerprint density at radius 2 is 1.59 bits per heavy atom. The highest BCUT2D eigenvalue weighted by Crippen LogP contribution is 2.39. The lowest BCUT2D eigenvalue weighted by Gasteiger charge is -2.44. The molecule has 1 saturated carbocycles. The Morgan fingerprint density at radius 3 is 2.26 bits per heavy atom. The van der Waals surface area contributed by atoms with E-state index in [1.54, 1.807) is 41.1 Å². The first-order valence-corrected chi connectivity index (χ1v) is 25.3. The number of hydrogen-bond donors (Lipinski definition) is 2. The molecule has 14 heteroatoms. The fourth-order valence-electron chi connectivity index (χ4n) is 10.7. The van der Waals surface area contributed by atoms with Gasteiger partial charge in [-0.25, -0.2) is 4.79 Å². The van der Waals surface area contributed by atoms with Crippen molar-refractivity contribution in [3.63, 3.8) is 0 Å². The van der Waals surface area contributed by atoms with E-state index in [-0.39, 0.29) is 85.8 Å². The lowest BCUT2D eigenvalue weighted by atomic mass is 9.78. The molecule has 3 fully saturated rings. The zero-order chi connectivity index (χ0) is 50.3. The number of hydrogen-bond acceptors (Lipinski definition) is 13. The van der Waals surface area contributed by atoms with Gasteiger partial charge in [0.05, 0.1) is 37.6 Å². The second kappa shape index (κ2) is 27.3. The van der Waals surface area contributed by atoms with Crippen molar-refractivity contribution in [3.8, 4) is 0 Å². The Bertz CT molecular complexity index is 1810. The molecule has 3 aliphatic heterocycles. The van der Waals surface area contributed by atoms with E-state index in [2.05, 4.69) is 0 Å². The predicted octanol–water partition coefficient (Wildman–Crippen LogP) is 7.27. The van der Waals surface area contributed by atoms with Crippen molar-refractivity contribution < 1.29 is 62.6 Å². The molecule has 0 radical (unpaired) electrons. The molecule has 3 heterocycles. The Kier molecular flexibility index (Phi) is 23.0. The number of aliphatic hydroxyl groups excluding tert-OH is 2. The quantitative estimate of drug-likeness (QED) is 0.134. The minimum Gasteiger partial charge on any atom is -0.460 e. The van der Waals surface area contributed by atoms with E-state index in [1.165, 1.54) is 12.0 Å². The fraction of sp³-hybridized carbons (Fsp3) is 0.759. The Morgan fingerprint density at radius 1 is 0.853 bits per heavy atom. The van der Waals surface area contributed by atoms with Crippen LogP contribution in [-0.4, -0.2) is 140 Å². The number of ether oxygens (including phenoxy) is 6. The summed E-state index contributed by atoms with van der Waals surface area (Å²) in [5.41, 5.74) is -0.0668. The van der Waals surface area contributed by atoms with Crippen LogP contribution in [0.1, 0.15) is 132 Å². The molecule has 2 saturated heterocycles. The Labute approximate surface area is 406 Å². The summed E-state index contributed by atoms with van der Waals surface area (Å²) in [6.07, 6.45) is 13.7. The number of esters is 1. The first-order valence-electron chi connectivity index (χ1n) is 25.3. The molecule has 0 aromatic carbocycles. The molecular weight excluding hydrogens is 871 g/mol. The van der Waals surface area contributed by atoms with Crippen molar-refractivity contribution in [2.24, 2.45) is 35.5 Å². The van der Waals surface area contributed by atoms with Gasteiger partial charge in [0.1, 0.15) is 35.7 Å². The molecule has 68 heavy (non-hydrogen) atoms. The van der Waals surface area contributed by atoms with Crippen LogP contribution in [0.4, 0.5) is 0 Å². The largest absolute Gasteiger partial charge is 0.460 e. The first-order chi connectivity index (χ1) is 32.3. The normalized spacial score (nSPS) is 39.2. The van der Waals surface area contributed by atoms with E-state index >= 15 is 0 Å². The Balaban J connectivity index is 1.70. The van der Waals surface area contributed by atoms with Crippen molar-refractivity contribution in [1.82, 2.24) is 4.90 Å². The number of piperidine rings is 1. The molecule has 1 aliphatic carbocycles. The van der Waals surface area contributed by atoms with Crippen LogP contribution in [0.15, 0.2) is 47.6 Å². The number of aliphatic hydroxyl groups is 2. The number of nitrogens with zero attached hydrogens (tertiary/aromatic N) is 1. The lowest BCUT2D eigenvalue weighted by Crippen LogP contribution is -2.59. The van der Waals surface area contributed by atoms with Gasteiger partial charge < -0.3 is 43.5 Å². The zero-order valence-electron chi connectivity index (χ0n) is 43.0. The third-order valence-corrected chi connectivity index (χ3v) is 15.3. The summed E-state index contributed by atoms with van der Waals surface area (Å²) in [7, 11) is 4.67. The predicted molar refractivity (Wildman–Crippen MR) is 259 cm³/mol. The number of amides is 1. The molecule has 0 aromatic rings. The molecule has 0 aromatic heterocycles. The number of fused-ring (bicyclic) bond motifs is 3. The molecule has 1 amide bonds. The number of allylic oxidation sites excluding steroid dienone is 6. The Hall–Kier alpha value is -3.37. The van der Waals surface area contributed by atoms with Gasteiger partial charge in [0.15, 0.2) is 5.78 Å². The maximum atomic E-state index is 14.5. The molecular formula is C54H85NO13. The van der Waals surface area contributed by atoms with Crippen LogP contribution in [-0.2, 0) is 52.4 Å². The van der Waals surface area contributed by atoms with Gasteiger partial charge in [-0.15, -0.1) is 0 Å². The second-order valence-corrected chi connectivity index (χ2v) is 20.6. The standard InChI is InChI=1S/C54H85NO13/c1-33-17-13-12-14-18-34(2)45(63-9)31-41-22-20-39(7)54(8,68-41)51(60)52(61)55-24-16-15-19-42(55)53(62)67-46(36(4)29-40-21-23-44(66-26-25-56)47(30-40)64-10)32-43(57)35(3)28-38(6)49(59)50(65-11)48(58)37(5)27-33/h12-14,17-18,28,33,35-37,39-42,44-47,49-50,56,59H,15-16,19-27,29-32H2,1-11H3/b14-12+,17-13+,34-18+,38-28+/t33-,35-,36-,37-,39-,40+,41+,42+,44-,45+,46+,47-,49-,50+,54-/m1/s1. The van der Waals surface area contributed by atoms with Crippen LogP contribution in [0.2, 0.25) is 0 Å². The maximum Gasteiger partial charge on any atom is 0.329 e. The van der Waals surface area contributed by atoms with Crippen molar-refractivity contribution in [3.05, 3.63) is 47.6 Å². The van der Waals surface area contributed by atoms with Crippen LogP contribution in [0.3, 0.4) is 0 Å². The van der Waals surface area contributed by atoms with Gasteiger partial charge in [-0.05, 0) is 120 Å². The third kappa shape index (κ3) is 15.3. The molecule has 2 N–H and O–H groups in total. The fourth-order valence-corrected chi connectivity index (χ4v) is 10.7. The van der Waals surface area contributed by atoms with Crippen LogP contribution >= 0.6 is 0 Å². The van der Waals surface area contributed by atoms with Gasteiger partial charge in [0.25, 0.3) is 11.7 Å². The highest BCUT2D eigenvalue weighted by Gasteiger charge is 2.51. The van der Waals surface area contributed by atoms with Crippen molar-refractivity contribution in [2.75, 3.05) is 41.1 Å². The molecule has 4 rings (SSSR count). The molecule has 14 nitrogen and oxygen atoms in total. The monoisotopic (exact) mass is 956 g/mol. The van der Waals surface area contributed by atoms with Crippen LogP contribution in [0, 0.1) is 35.5 Å². The summed E-state index contributed by atoms with van der Waals surface area (Å²) >= 11 is 0. The van der Waals surface area contributed by atoms with E-state index in [1.807, 2.05) is 65.0 Å². The van der Waals surface area contributed by atoms with E-state index in [4.69, 9.17) is 28.4 Å². The topological polar surface area (TPSA) is 184 Å². The van der Waals surface area contributed by atoms with Gasteiger partial charge >= 0.3 is 5.97 Å². The molecule has 384 valence electrons. The van der Waals surface area contributed by atoms with Gasteiger partial charge in [-0.1, -0.05) is 71.1 Å². The van der Waals surface area contributed by atoms with Crippen molar-refractivity contribution in [2.45, 2.75) is 187 Å². The number of carbonyl (C=O) groups is 5. The summed E-state index contributed by atoms with van der Waals surface area (Å²) in [4.78, 5) is 72.8. The average molecular weight is 956 g/mol.